The van der Waals surface area contributed by atoms with Gasteiger partial charge >= 0.3 is 0 Å². The molecule has 0 radical (unpaired) electrons. The van der Waals surface area contributed by atoms with E-state index in [2.05, 4.69) is 48.4 Å². The van der Waals surface area contributed by atoms with Gasteiger partial charge in [-0.05, 0) is 48.4 Å². The fraction of sp³-hybridized carbons (Fsp3) is 0.389. The summed E-state index contributed by atoms with van der Waals surface area (Å²) in [6.07, 6.45) is 5.63. The van der Waals surface area contributed by atoms with Crippen LogP contribution in [-0.2, 0) is 6.42 Å². The molecule has 2 aromatic rings. The van der Waals surface area contributed by atoms with E-state index < -0.39 is 0 Å². The van der Waals surface area contributed by atoms with Crippen LogP contribution in [0.4, 0.5) is 0 Å². The van der Waals surface area contributed by atoms with E-state index in [0.717, 1.165) is 25.1 Å². The highest BCUT2D eigenvalue weighted by Gasteiger charge is 2.07. The second-order valence-corrected chi connectivity index (χ2v) is 5.04. The van der Waals surface area contributed by atoms with E-state index in [1.807, 2.05) is 24.5 Å². The van der Waals surface area contributed by atoms with Crippen molar-refractivity contribution >= 4 is 0 Å². The van der Waals surface area contributed by atoms with Crippen molar-refractivity contribution in [1.29, 1.82) is 0 Å². The summed E-state index contributed by atoms with van der Waals surface area (Å²) in [7, 11) is 0. The lowest BCUT2D eigenvalue weighted by Crippen LogP contribution is -2.19. The summed E-state index contributed by atoms with van der Waals surface area (Å²) in [5.74, 6) is 0.930. The van der Waals surface area contributed by atoms with Crippen LogP contribution in [0.25, 0.3) is 0 Å². The van der Waals surface area contributed by atoms with Gasteiger partial charge in [0.05, 0.1) is 6.61 Å². The second-order valence-electron chi connectivity index (χ2n) is 5.04. The lowest BCUT2D eigenvalue weighted by atomic mass is 10.0. The zero-order valence-electron chi connectivity index (χ0n) is 12.9. The maximum Gasteiger partial charge on any atom is 0.119 e. The summed E-state index contributed by atoms with van der Waals surface area (Å²) in [6, 6.07) is 12.9. The molecule has 1 atom stereocenters. The van der Waals surface area contributed by atoms with Gasteiger partial charge in [0.2, 0.25) is 0 Å². The number of hydrogen-bond donors (Lipinski definition) is 1. The van der Waals surface area contributed by atoms with Crippen molar-refractivity contribution in [2.45, 2.75) is 32.7 Å². The van der Waals surface area contributed by atoms with Crippen LogP contribution in [0.2, 0.25) is 0 Å². The quantitative estimate of drug-likeness (QED) is 0.801. The van der Waals surface area contributed by atoms with Gasteiger partial charge in [-0.25, -0.2) is 0 Å². The minimum Gasteiger partial charge on any atom is -0.493 e. The largest absolute Gasteiger partial charge is 0.493 e. The zero-order chi connectivity index (χ0) is 14.9. The van der Waals surface area contributed by atoms with Crippen LogP contribution in [0.5, 0.6) is 5.75 Å². The molecule has 0 fully saturated rings. The Morgan fingerprint density at radius 3 is 2.38 bits per heavy atom. The van der Waals surface area contributed by atoms with E-state index in [1.165, 1.54) is 11.1 Å². The summed E-state index contributed by atoms with van der Waals surface area (Å²) in [6.45, 7) is 6.02. The zero-order valence-corrected chi connectivity index (χ0v) is 12.9. The Balaban J connectivity index is 1.84. The fourth-order valence-corrected chi connectivity index (χ4v) is 2.38. The van der Waals surface area contributed by atoms with Crippen LogP contribution in [-0.4, -0.2) is 18.1 Å². The van der Waals surface area contributed by atoms with Crippen molar-refractivity contribution in [3.8, 4) is 5.75 Å². The van der Waals surface area contributed by atoms with Crippen LogP contribution in [0.3, 0.4) is 0 Å². The molecule has 1 unspecified atom stereocenters. The first-order valence-electron chi connectivity index (χ1n) is 7.68. The molecule has 0 aliphatic heterocycles. The van der Waals surface area contributed by atoms with Gasteiger partial charge in [0.25, 0.3) is 0 Å². The summed E-state index contributed by atoms with van der Waals surface area (Å²) in [5.41, 5.74) is 2.57. The molecular weight excluding hydrogens is 260 g/mol. The third kappa shape index (κ3) is 4.87. The summed E-state index contributed by atoms with van der Waals surface area (Å²) >= 11 is 0. The maximum absolute atomic E-state index is 5.80. The second kappa shape index (κ2) is 8.42. The molecule has 3 nitrogen and oxygen atoms in total. The number of benzene rings is 1. The SMILES string of the molecule is CCNC(CC)c1ccc(OCCc2ccncc2)cc1. The molecule has 0 amide bonds. The van der Waals surface area contributed by atoms with Crippen molar-refractivity contribution in [3.05, 3.63) is 59.9 Å². The molecule has 0 bridgehead atoms. The summed E-state index contributed by atoms with van der Waals surface area (Å²) in [4.78, 5) is 4.01. The Hall–Kier alpha value is -1.87. The van der Waals surface area contributed by atoms with E-state index in [1.54, 1.807) is 0 Å². The molecule has 2 rings (SSSR count). The standard InChI is InChI=1S/C18H24N2O/c1-3-18(20-4-2)16-5-7-17(8-6-16)21-14-11-15-9-12-19-13-10-15/h5-10,12-13,18,20H,3-4,11,14H2,1-2H3. The first-order valence-corrected chi connectivity index (χ1v) is 7.68. The monoisotopic (exact) mass is 284 g/mol. The molecular formula is C18H24N2O. The Labute approximate surface area is 127 Å². The minimum atomic E-state index is 0.431. The van der Waals surface area contributed by atoms with E-state index >= 15 is 0 Å². The Morgan fingerprint density at radius 1 is 1.05 bits per heavy atom. The molecule has 1 aromatic heterocycles. The summed E-state index contributed by atoms with van der Waals surface area (Å²) in [5, 5.41) is 3.49. The number of ether oxygens (including phenoxy) is 1. The van der Waals surface area contributed by atoms with Crippen molar-refractivity contribution < 1.29 is 4.74 Å². The lowest BCUT2D eigenvalue weighted by molar-refractivity contribution is 0.321. The Bertz CT molecular complexity index is 511. The smallest absolute Gasteiger partial charge is 0.119 e. The molecule has 0 saturated carbocycles. The molecule has 1 N–H and O–H groups in total. The molecule has 0 spiro atoms. The van der Waals surface area contributed by atoms with Gasteiger partial charge < -0.3 is 10.1 Å². The first kappa shape index (κ1) is 15.5. The van der Waals surface area contributed by atoms with E-state index in [-0.39, 0.29) is 0 Å². The topological polar surface area (TPSA) is 34.1 Å². The number of nitrogens with zero attached hydrogens (tertiary/aromatic N) is 1. The molecule has 112 valence electrons. The van der Waals surface area contributed by atoms with Gasteiger partial charge in [0.15, 0.2) is 0 Å². The van der Waals surface area contributed by atoms with Gasteiger partial charge in [-0.1, -0.05) is 26.0 Å². The number of nitrogens with one attached hydrogen (secondary N) is 1. The average Bonchev–Trinajstić information content (AvgIpc) is 2.54. The lowest BCUT2D eigenvalue weighted by Gasteiger charge is -2.16. The number of hydrogen-bond acceptors (Lipinski definition) is 3. The van der Waals surface area contributed by atoms with Crippen molar-refractivity contribution in [3.63, 3.8) is 0 Å². The van der Waals surface area contributed by atoms with Crippen LogP contribution in [0.15, 0.2) is 48.8 Å². The fourth-order valence-electron chi connectivity index (χ4n) is 2.38. The van der Waals surface area contributed by atoms with Gasteiger partial charge in [0.1, 0.15) is 5.75 Å². The third-order valence-corrected chi connectivity index (χ3v) is 3.55. The minimum absolute atomic E-state index is 0.431. The molecule has 0 aliphatic carbocycles. The number of rotatable bonds is 8. The van der Waals surface area contributed by atoms with Crippen LogP contribution in [0.1, 0.15) is 37.4 Å². The van der Waals surface area contributed by atoms with Gasteiger partial charge in [-0.15, -0.1) is 0 Å². The average molecular weight is 284 g/mol. The highest BCUT2D eigenvalue weighted by atomic mass is 16.5. The third-order valence-electron chi connectivity index (χ3n) is 3.55. The molecule has 3 heteroatoms. The highest BCUT2D eigenvalue weighted by Crippen LogP contribution is 2.20. The molecule has 1 heterocycles. The van der Waals surface area contributed by atoms with Crippen molar-refractivity contribution in [2.24, 2.45) is 0 Å². The first-order chi connectivity index (χ1) is 10.3. The van der Waals surface area contributed by atoms with E-state index in [9.17, 15) is 0 Å². The Kier molecular flexibility index (Phi) is 6.22. The maximum atomic E-state index is 5.80. The van der Waals surface area contributed by atoms with Gasteiger partial charge in [-0.3, -0.25) is 4.98 Å². The molecule has 21 heavy (non-hydrogen) atoms. The van der Waals surface area contributed by atoms with Crippen LogP contribution >= 0.6 is 0 Å². The highest BCUT2D eigenvalue weighted by molar-refractivity contribution is 5.29. The van der Waals surface area contributed by atoms with Gasteiger partial charge in [0, 0.05) is 24.9 Å². The van der Waals surface area contributed by atoms with Crippen LogP contribution < -0.4 is 10.1 Å². The van der Waals surface area contributed by atoms with Crippen molar-refractivity contribution in [2.75, 3.05) is 13.2 Å². The molecule has 1 aromatic carbocycles. The van der Waals surface area contributed by atoms with Crippen molar-refractivity contribution in [1.82, 2.24) is 10.3 Å². The van der Waals surface area contributed by atoms with E-state index in [0.29, 0.717) is 12.6 Å². The van der Waals surface area contributed by atoms with Crippen LogP contribution in [0, 0.1) is 0 Å². The molecule has 0 aliphatic rings. The normalized spacial score (nSPS) is 12.1. The molecule has 0 saturated heterocycles. The Morgan fingerprint density at radius 2 is 1.76 bits per heavy atom. The predicted octanol–water partition coefficient (Wildman–Crippen LogP) is 3.76. The summed E-state index contributed by atoms with van der Waals surface area (Å²) < 4.78 is 5.80. The van der Waals surface area contributed by atoms with E-state index in [4.69, 9.17) is 4.74 Å². The van der Waals surface area contributed by atoms with Gasteiger partial charge in [-0.2, -0.15) is 0 Å². The number of pyridine rings is 1. The predicted molar refractivity (Wildman–Crippen MR) is 86.6 cm³/mol. The number of aromatic nitrogens is 1.